The summed E-state index contributed by atoms with van der Waals surface area (Å²) in [5, 5.41) is 0. The third-order valence-electron chi connectivity index (χ3n) is 2.06. The van der Waals surface area contributed by atoms with E-state index in [1.54, 1.807) is 0 Å². The van der Waals surface area contributed by atoms with E-state index in [0.29, 0.717) is 19.6 Å². The van der Waals surface area contributed by atoms with Crippen molar-refractivity contribution in [2.24, 2.45) is 5.73 Å². The molecule has 1 fully saturated rings. The Morgan fingerprint density at radius 2 is 2.31 bits per heavy atom. The van der Waals surface area contributed by atoms with E-state index >= 15 is 0 Å². The van der Waals surface area contributed by atoms with Gasteiger partial charge in [0.05, 0.1) is 0 Å². The molecule has 13 heavy (non-hydrogen) atoms. The van der Waals surface area contributed by atoms with Crippen LogP contribution in [0.4, 0.5) is 0 Å². The summed E-state index contributed by atoms with van der Waals surface area (Å²) in [6.07, 6.45) is 1.56. The monoisotopic (exact) mass is 207 g/mol. The van der Waals surface area contributed by atoms with Gasteiger partial charge >= 0.3 is 0 Å². The number of nitrogens with zero attached hydrogens (tertiary/aromatic N) is 1. The second-order valence-corrected chi connectivity index (χ2v) is 5.06. The van der Waals surface area contributed by atoms with Crippen LogP contribution in [0, 0.1) is 0 Å². The minimum Gasteiger partial charge on any atom is -0.326 e. The molecule has 3 N–H and O–H groups in total. The molecule has 1 heterocycles. The summed E-state index contributed by atoms with van der Waals surface area (Å²) in [6, 6.07) is -0.00167. The van der Waals surface area contributed by atoms with Gasteiger partial charge in [-0.3, -0.25) is 0 Å². The molecule has 0 aromatic carbocycles. The predicted octanol–water partition coefficient (Wildman–Crippen LogP) is -0.736. The Hall–Kier alpha value is -0.170. The molecule has 1 aliphatic rings. The summed E-state index contributed by atoms with van der Waals surface area (Å²) >= 11 is 0. The molecule has 0 aromatic rings. The van der Waals surface area contributed by atoms with Gasteiger partial charge in [0.15, 0.2) is 0 Å². The summed E-state index contributed by atoms with van der Waals surface area (Å²) in [4.78, 5) is 0. The van der Waals surface area contributed by atoms with E-state index in [4.69, 9.17) is 5.73 Å². The maximum Gasteiger partial charge on any atom is 0.279 e. The average molecular weight is 207 g/mol. The molecule has 1 rings (SSSR count). The Morgan fingerprint density at radius 3 is 2.77 bits per heavy atom. The van der Waals surface area contributed by atoms with Gasteiger partial charge in [-0.15, -0.1) is 0 Å². The molecule has 0 unspecified atom stereocenters. The highest BCUT2D eigenvalue weighted by molar-refractivity contribution is 7.87. The van der Waals surface area contributed by atoms with Crippen LogP contribution in [0.5, 0.6) is 0 Å². The van der Waals surface area contributed by atoms with Crippen LogP contribution in [0.15, 0.2) is 0 Å². The molecule has 1 saturated heterocycles. The van der Waals surface area contributed by atoms with E-state index in [0.717, 1.165) is 12.8 Å². The lowest BCUT2D eigenvalue weighted by molar-refractivity contribution is 0.460. The third-order valence-corrected chi connectivity index (χ3v) is 3.64. The Morgan fingerprint density at radius 1 is 1.62 bits per heavy atom. The second kappa shape index (κ2) is 4.36. The number of nitrogens with two attached hydrogens (primary N) is 1. The van der Waals surface area contributed by atoms with Crippen molar-refractivity contribution in [2.75, 3.05) is 19.6 Å². The maximum atomic E-state index is 11.5. The van der Waals surface area contributed by atoms with Crippen molar-refractivity contribution in [3.05, 3.63) is 0 Å². The highest BCUT2D eigenvalue weighted by Gasteiger charge is 2.28. The first-order chi connectivity index (χ1) is 6.06. The Bertz CT molecular complexity index is 252. The van der Waals surface area contributed by atoms with Crippen LogP contribution in [-0.2, 0) is 10.2 Å². The first-order valence-corrected chi connectivity index (χ1v) is 6.00. The van der Waals surface area contributed by atoms with E-state index in [1.807, 2.05) is 6.92 Å². The zero-order valence-corrected chi connectivity index (χ0v) is 8.68. The van der Waals surface area contributed by atoms with Gasteiger partial charge in [0, 0.05) is 25.7 Å². The zero-order chi connectivity index (χ0) is 9.90. The van der Waals surface area contributed by atoms with E-state index in [9.17, 15) is 8.42 Å². The van der Waals surface area contributed by atoms with Crippen molar-refractivity contribution in [1.29, 1.82) is 0 Å². The third kappa shape index (κ3) is 2.91. The van der Waals surface area contributed by atoms with Gasteiger partial charge in [-0.25, -0.2) is 4.72 Å². The zero-order valence-electron chi connectivity index (χ0n) is 7.86. The van der Waals surface area contributed by atoms with Gasteiger partial charge < -0.3 is 5.73 Å². The molecule has 1 aliphatic heterocycles. The van der Waals surface area contributed by atoms with Crippen LogP contribution >= 0.6 is 0 Å². The van der Waals surface area contributed by atoms with Crippen LogP contribution in [0.2, 0.25) is 0 Å². The van der Waals surface area contributed by atoms with E-state index in [1.165, 1.54) is 4.31 Å². The molecular weight excluding hydrogens is 190 g/mol. The van der Waals surface area contributed by atoms with Crippen LogP contribution < -0.4 is 10.5 Å². The van der Waals surface area contributed by atoms with Crippen LogP contribution in [0.3, 0.4) is 0 Å². The maximum absolute atomic E-state index is 11.5. The van der Waals surface area contributed by atoms with Crippen molar-refractivity contribution in [2.45, 2.75) is 25.8 Å². The fraction of sp³-hybridized carbons (Fsp3) is 1.00. The molecule has 5 nitrogen and oxygen atoms in total. The van der Waals surface area contributed by atoms with Crippen LogP contribution in [0.25, 0.3) is 0 Å². The molecule has 1 atom stereocenters. The minimum atomic E-state index is -3.25. The molecule has 0 bridgehead atoms. The predicted molar refractivity (Wildman–Crippen MR) is 51.4 cm³/mol. The van der Waals surface area contributed by atoms with Gasteiger partial charge in [0.1, 0.15) is 0 Å². The second-order valence-electron chi connectivity index (χ2n) is 3.31. The minimum absolute atomic E-state index is 0.00167. The van der Waals surface area contributed by atoms with Gasteiger partial charge in [0.25, 0.3) is 10.2 Å². The Kier molecular flexibility index (Phi) is 3.66. The molecule has 78 valence electrons. The fourth-order valence-electron chi connectivity index (χ4n) is 1.29. The van der Waals surface area contributed by atoms with Gasteiger partial charge in [-0.1, -0.05) is 6.92 Å². The van der Waals surface area contributed by atoms with Crippen molar-refractivity contribution in [1.82, 2.24) is 9.03 Å². The highest BCUT2D eigenvalue weighted by Crippen LogP contribution is 2.10. The average Bonchev–Trinajstić information content (AvgIpc) is 2.49. The smallest absolute Gasteiger partial charge is 0.279 e. The number of nitrogens with one attached hydrogen (secondary N) is 1. The van der Waals surface area contributed by atoms with E-state index < -0.39 is 10.2 Å². The molecule has 0 aliphatic carbocycles. The van der Waals surface area contributed by atoms with Crippen molar-refractivity contribution < 1.29 is 8.42 Å². The molecular formula is C7H17N3O2S. The molecule has 0 spiro atoms. The first-order valence-electron chi connectivity index (χ1n) is 4.56. The SMILES string of the molecule is CCCNS(=O)(=O)N1CC[C@@H](N)C1. The quantitative estimate of drug-likeness (QED) is 0.638. The Balaban J connectivity index is 2.50. The molecule has 0 radical (unpaired) electrons. The first kappa shape index (κ1) is 10.9. The van der Waals surface area contributed by atoms with E-state index in [2.05, 4.69) is 4.72 Å². The largest absolute Gasteiger partial charge is 0.326 e. The van der Waals surface area contributed by atoms with Crippen molar-refractivity contribution in [3.63, 3.8) is 0 Å². The lowest BCUT2D eigenvalue weighted by Gasteiger charge is -2.15. The summed E-state index contributed by atoms with van der Waals surface area (Å²) in [6.45, 7) is 3.41. The van der Waals surface area contributed by atoms with Gasteiger partial charge in [-0.2, -0.15) is 12.7 Å². The molecule has 0 amide bonds. The summed E-state index contributed by atoms with van der Waals surface area (Å²) < 4.78 is 26.9. The number of rotatable bonds is 4. The van der Waals surface area contributed by atoms with Crippen LogP contribution in [-0.4, -0.2) is 38.4 Å². The number of hydrogen-bond donors (Lipinski definition) is 2. The van der Waals surface area contributed by atoms with Gasteiger partial charge in [-0.05, 0) is 12.8 Å². The van der Waals surface area contributed by atoms with Crippen molar-refractivity contribution >= 4 is 10.2 Å². The topological polar surface area (TPSA) is 75.4 Å². The van der Waals surface area contributed by atoms with Crippen LogP contribution in [0.1, 0.15) is 19.8 Å². The molecule has 0 aromatic heterocycles. The summed E-state index contributed by atoms with van der Waals surface area (Å²) in [5.74, 6) is 0. The highest BCUT2D eigenvalue weighted by atomic mass is 32.2. The summed E-state index contributed by atoms with van der Waals surface area (Å²) in [7, 11) is -3.25. The normalized spacial score (nSPS) is 25.2. The molecule has 6 heteroatoms. The fourth-order valence-corrected chi connectivity index (χ4v) is 2.67. The molecule has 0 saturated carbocycles. The Labute approximate surface area is 79.5 Å². The van der Waals surface area contributed by atoms with Crippen molar-refractivity contribution in [3.8, 4) is 0 Å². The summed E-state index contributed by atoms with van der Waals surface area (Å²) in [5.41, 5.74) is 5.62. The standard InChI is InChI=1S/C7H17N3O2S/c1-2-4-9-13(11,12)10-5-3-7(8)6-10/h7,9H,2-6,8H2,1H3/t7-/m1/s1. The lowest BCUT2D eigenvalue weighted by Crippen LogP contribution is -2.40. The number of hydrogen-bond acceptors (Lipinski definition) is 3. The van der Waals surface area contributed by atoms with E-state index in [-0.39, 0.29) is 6.04 Å². The lowest BCUT2D eigenvalue weighted by atomic mass is 10.3. The van der Waals surface area contributed by atoms with Gasteiger partial charge in [0.2, 0.25) is 0 Å².